The monoisotopic (exact) mass is 311 g/mol. The Kier molecular flexibility index (Phi) is 4.26. The van der Waals surface area contributed by atoms with Crippen LogP contribution in [0.25, 0.3) is 0 Å². The Balaban J connectivity index is 2.07. The molecule has 1 heterocycles. The lowest BCUT2D eigenvalue weighted by atomic mass is 10.2. The van der Waals surface area contributed by atoms with Gasteiger partial charge in [-0.3, -0.25) is 0 Å². The van der Waals surface area contributed by atoms with Gasteiger partial charge in [0.25, 0.3) is 0 Å². The maximum absolute atomic E-state index is 12.4. The zero-order valence-electron chi connectivity index (χ0n) is 9.27. The minimum Gasteiger partial charge on any atom is -0.381 e. The SMILES string of the molecule is O=S(=O)(C1CCOCC1)N(CCBr)C1CC1. The summed E-state index contributed by atoms with van der Waals surface area (Å²) in [4.78, 5) is 0. The van der Waals surface area contributed by atoms with Crippen molar-refractivity contribution in [2.45, 2.75) is 37.0 Å². The predicted molar refractivity (Wildman–Crippen MR) is 66.3 cm³/mol. The van der Waals surface area contributed by atoms with Crippen molar-refractivity contribution in [2.75, 3.05) is 25.1 Å². The highest BCUT2D eigenvalue weighted by Gasteiger charge is 2.41. The first kappa shape index (κ1) is 12.8. The summed E-state index contributed by atoms with van der Waals surface area (Å²) in [6, 6.07) is 0.269. The fourth-order valence-electron chi connectivity index (χ4n) is 2.13. The van der Waals surface area contributed by atoms with Crippen molar-refractivity contribution in [1.82, 2.24) is 4.31 Å². The summed E-state index contributed by atoms with van der Waals surface area (Å²) < 4.78 is 31.7. The number of hydrogen-bond donors (Lipinski definition) is 0. The highest BCUT2D eigenvalue weighted by atomic mass is 79.9. The molecule has 0 amide bonds. The van der Waals surface area contributed by atoms with Crippen molar-refractivity contribution in [3.8, 4) is 0 Å². The van der Waals surface area contributed by atoms with E-state index < -0.39 is 10.0 Å². The number of hydrogen-bond acceptors (Lipinski definition) is 3. The normalized spacial score (nSPS) is 23.9. The fourth-order valence-corrected chi connectivity index (χ4v) is 4.89. The molecular formula is C10H18BrNO3S. The average Bonchev–Trinajstić information content (AvgIpc) is 3.11. The van der Waals surface area contributed by atoms with Gasteiger partial charge in [0.1, 0.15) is 0 Å². The third-order valence-electron chi connectivity index (χ3n) is 3.18. The summed E-state index contributed by atoms with van der Waals surface area (Å²) in [5, 5.41) is 0.493. The van der Waals surface area contributed by atoms with Gasteiger partial charge < -0.3 is 4.74 Å². The van der Waals surface area contributed by atoms with Gasteiger partial charge in [0, 0.05) is 31.1 Å². The van der Waals surface area contributed by atoms with Gasteiger partial charge in [-0.15, -0.1) is 0 Å². The number of rotatable bonds is 5. The molecule has 1 saturated carbocycles. The fraction of sp³-hybridized carbons (Fsp3) is 1.00. The Morgan fingerprint density at radius 2 is 1.81 bits per heavy atom. The van der Waals surface area contributed by atoms with Crippen molar-refractivity contribution in [3.63, 3.8) is 0 Å². The number of sulfonamides is 1. The van der Waals surface area contributed by atoms with Crippen molar-refractivity contribution >= 4 is 26.0 Å². The van der Waals surface area contributed by atoms with E-state index in [4.69, 9.17) is 4.74 Å². The smallest absolute Gasteiger partial charge is 0.217 e. The Morgan fingerprint density at radius 1 is 1.19 bits per heavy atom. The van der Waals surface area contributed by atoms with Gasteiger partial charge in [0.05, 0.1) is 5.25 Å². The zero-order chi connectivity index (χ0) is 11.6. The van der Waals surface area contributed by atoms with Crippen molar-refractivity contribution in [1.29, 1.82) is 0 Å². The van der Waals surface area contributed by atoms with Crippen LogP contribution in [0.3, 0.4) is 0 Å². The molecule has 2 rings (SSSR count). The molecule has 0 unspecified atom stereocenters. The summed E-state index contributed by atoms with van der Waals surface area (Å²) in [6.45, 7) is 1.76. The van der Waals surface area contributed by atoms with Crippen molar-refractivity contribution < 1.29 is 13.2 Å². The lowest BCUT2D eigenvalue weighted by Gasteiger charge is -2.29. The van der Waals surface area contributed by atoms with Crippen LogP contribution < -0.4 is 0 Å². The Hall–Kier alpha value is 0.350. The molecule has 4 nitrogen and oxygen atoms in total. The van der Waals surface area contributed by atoms with E-state index in [9.17, 15) is 8.42 Å². The van der Waals surface area contributed by atoms with E-state index in [1.807, 2.05) is 0 Å². The molecule has 94 valence electrons. The maximum atomic E-state index is 12.4. The van der Waals surface area contributed by atoms with Crippen LogP contribution in [-0.4, -0.2) is 49.1 Å². The first-order valence-electron chi connectivity index (χ1n) is 5.80. The van der Waals surface area contributed by atoms with Gasteiger partial charge in [-0.05, 0) is 25.7 Å². The van der Waals surface area contributed by atoms with Crippen LogP contribution in [0, 0.1) is 0 Å². The van der Waals surface area contributed by atoms with Crippen molar-refractivity contribution in [3.05, 3.63) is 0 Å². The summed E-state index contributed by atoms with van der Waals surface area (Å²) in [5.74, 6) is 0. The van der Waals surface area contributed by atoms with Crippen LogP contribution in [0.1, 0.15) is 25.7 Å². The third kappa shape index (κ3) is 2.78. The molecule has 1 aliphatic carbocycles. The number of alkyl halides is 1. The number of nitrogens with zero attached hydrogens (tertiary/aromatic N) is 1. The van der Waals surface area contributed by atoms with Crippen LogP contribution in [0.15, 0.2) is 0 Å². The molecule has 1 aliphatic heterocycles. The van der Waals surface area contributed by atoms with Gasteiger partial charge in [-0.2, -0.15) is 4.31 Å². The Morgan fingerprint density at radius 3 is 2.31 bits per heavy atom. The highest BCUT2D eigenvalue weighted by molar-refractivity contribution is 9.09. The van der Waals surface area contributed by atoms with E-state index in [2.05, 4.69) is 15.9 Å². The standard InChI is InChI=1S/C10H18BrNO3S/c11-5-6-12(9-1-2-9)16(13,14)10-3-7-15-8-4-10/h9-10H,1-8H2. The summed E-state index contributed by atoms with van der Waals surface area (Å²) in [7, 11) is -3.10. The van der Waals surface area contributed by atoms with Gasteiger partial charge in [-0.1, -0.05) is 15.9 Å². The van der Waals surface area contributed by atoms with Crippen LogP contribution in [0.5, 0.6) is 0 Å². The molecule has 0 bridgehead atoms. The quantitative estimate of drug-likeness (QED) is 0.720. The predicted octanol–water partition coefficient (Wildman–Crippen LogP) is 1.35. The molecule has 2 fully saturated rings. The highest BCUT2D eigenvalue weighted by Crippen LogP contribution is 2.32. The van der Waals surface area contributed by atoms with E-state index >= 15 is 0 Å². The second kappa shape index (κ2) is 5.33. The van der Waals surface area contributed by atoms with E-state index in [1.165, 1.54) is 0 Å². The molecule has 0 radical (unpaired) electrons. The molecule has 0 atom stereocenters. The zero-order valence-corrected chi connectivity index (χ0v) is 11.7. The average molecular weight is 312 g/mol. The topological polar surface area (TPSA) is 46.6 Å². The number of ether oxygens (including phenoxy) is 1. The minimum absolute atomic E-state index is 0.221. The molecule has 0 aromatic carbocycles. The van der Waals surface area contributed by atoms with Gasteiger partial charge in [0.2, 0.25) is 10.0 Å². The second-order valence-electron chi connectivity index (χ2n) is 4.39. The first-order valence-corrected chi connectivity index (χ1v) is 8.43. The first-order chi connectivity index (χ1) is 7.66. The molecule has 16 heavy (non-hydrogen) atoms. The van der Waals surface area contributed by atoms with E-state index in [0.717, 1.165) is 12.8 Å². The van der Waals surface area contributed by atoms with Crippen molar-refractivity contribution in [2.24, 2.45) is 0 Å². The van der Waals surface area contributed by atoms with Gasteiger partial charge >= 0.3 is 0 Å². The Labute approximate surface area is 106 Å². The van der Waals surface area contributed by atoms with E-state index in [1.54, 1.807) is 4.31 Å². The molecule has 6 heteroatoms. The maximum Gasteiger partial charge on any atom is 0.217 e. The Bertz CT molecular complexity index is 323. The summed E-state index contributed by atoms with van der Waals surface area (Å²) in [5.41, 5.74) is 0. The third-order valence-corrected chi connectivity index (χ3v) is 5.98. The molecule has 2 aliphatic rings. The molecule has 0 aromatic rings. The van der Waals surface area contributed by atoms with Crippen LogP contribution in [0.4, 0.5) is 0 Å². The molecule has 0 N–H and O–H groups in total. The number of halogens is 1. The van der Waals surface area contributed by atoms with E-state index in [-0.39, 0.29) is 11.3 Å². The minimum atomic E-state index is -3.10. The molecule has 1 saturated heterocycles. The van der Waals surface area contributed by atoms with Crippen LogP contribution in [0.2, 0.25) is 0 Å². The molecule has 0 aromatic heterocycles. The summed E-state index contributed by atoms with van der Waals surface area (Å²) >= 11 is 3.33. The van der Waals surface area contributed by atoms with Gasteiger partial charge in [-0.25, -0.2) is 8.42 Å². The van der Waals surface area contributed by atoms with Crippen LogP contribution >= 0.6 is 15.9 Å². The second-order valence-corrected chi connectivity index (χ2v) is 7.35. The molecule has 0 spiro atoms. The lowest BCUT2D eigenvalue weighted by molar-refractivity contribution is 0.0972. The summed E-state index contributed by atoms with van der Waals surface area (Å²) in [6.07, 6.45) is 3.34. The lowest BCUT2D eigenvalue weighted by Crippen LogP contribution is -2.43. The largest absolute Gasteiger partial charge is 0.381 e. The van der Waals surface area contributed by atoms with E-state index in [0.29, 0.717) is 37.9 Å². The van der Waals surface area contributed by atoms with Gasteiger partial charge in [0.15, 0.2) is 0 Å². The molecular weight excluding hydrogens is 294 g/mol. The van der Waals surface area contributed by atoms with Crippen LogP contribution in [-0.2, 0) is 14.8 Å².